The summed E-state index contributed by atoms with van der Waals surface area (Å²) in [6, 6.07) is 9.02. The van der Waals surface area contributed by atoms with E-state index in [0.717, 1.165) is 23.3 Å². The molecule has 5 rings (SSSR count). The smallest absolute Gasteiger partial charge is 0.349 e. The van der Waals surface area contributed by atoms with Crippen molar-refractivity contribution < 1.29 is 0 Å². The molecule has 10 heteroatoms. The molecular weight excluding hydrogens is 466 g/mol. The van der Waals surface area contributed by atoms with Gasteiger partial charge < -0.3 is 9.47 Å². The number of rotatable bonds is 5. The molecule has 4 heterocycles. The maximum Gasteiger partial charge on any atom is 0.350 e. The average Bonchev–Trinajstić information content (AvgIpc) is 3.25. The second kappa shape index (κ2) is 9.56. The van der Waals surface area contributed by atoms with E-state index in [-0.39, 0.29) is 30.2 Å². The van der Waals surface area contributed by atoms with Gasteiger partial charge in [0.1, 0.15) is 17.0 Å². The van der Waals surface area contributed by atoms with Crippen LogP contribution in [0.2, 0.25) is 0 Å². The van der Waals surface area contributed by atoms with Crippen molar-refractivity contribution >= 4 is 28.0 Å². The molecule has 37 heavy (non-hydrogen) atoms. The Hall–Kier alpha value is -3.84. The van der Waals surface area contributed by atoms with E-state index in [1.165, 1.54) is 10.1 Å². The molecule has 0 bridgehead atoms. The quantitative estimate of drug-likeness (QED) is 0.412. The van der Waals surface area contributed by atoms with Crippen LogP contribution < -0.4 is 10.6 Å². The van der Waals surface area contributed by atoms with E-state index in [4.69, 9.17) is 4.98 Å². The molecular formula is C27H33N9O. The number of fused-ring (bicyclic) bond motifs is 2. The van der Waals surface area contributed by atoms with E-state index in [1.54, 1.807) is 13.2 Å². The highest BCUT2D eigenvalue weighted by atomic mass is 16.1. The molecule has 1 saturated heterocycles. The van der Waals surface area contributed by atoms with Gasteiger partial charge in [0.15, 0.2) is 5.82 Å². The first kappa shape index (κ1) is 24.8. The summed E-state index contributed by atoms with van der Waals surface area (Å²) in [6.45, 7) is 12.7. The number of hydrogen-bond acceptors (Lipinski definition) is 8. The number of nitrogens with zero attached hydrogens (tertiary/aromatic N) is 9. The molecule has 4 aromatic rings. The minimum atomic E-state index is -0.316. The van der Waals surface area contributed by atoms with Gasteiger partial charge in [-0.3, -0.25) is 14.5 Å². The number of hydrogen-bond donors (Lipinski definition) is 0. The number of benzene rings is 1. The fourth-order valence-electron chi connectivity index (χ4n) is 5.59. The first-order valence-electron chi connectivity index (χ1n) is 12.8. The lowest BCUT2D eigenvalue weighted by molar-refractivity contribution is 0.119. The number of aromatic nitrogens is 6. The standard InChI is InChI=1S/C27H33N9O/c1-7-34-23(10-11-28)31-24-25(32-27(37)33(6)26(24)34)36-15-17(3)35(14-18(36)4)19(5)20-8-9-21-22(12-20)30-16(2)13-29-21/h8-9,12-13,17-19H,7,10,14-15H2,1-6H3/t17-,18+,19?/m1/s1. The summed E-state index contributed by atoms with van der Waals surface area (Å²) in [5.74, 6) is 1.26. The number of nitriles is 1. The van der Waals surface area contributed by atoms with Gasteiger partial charge in [-0.15, -0.1) is 0 Å². The minimum absolute atomic E-state index is 0.107. The highest BCUT2D eigenvalue weighted by molar-refractivity contribution is 5.85. The molecule has 0 N–H and O–H groups in total. The Balaban J connectivity index is 1.48. The minimum Gasteiger partial charge on any atom is -0.349 e. The maximum atomic E-state index is 12.9. The van der Waals surface area contributed by atoms with Crippen LogP contribution in [0.5, 0.6) is 0 Å². The van der Waals surface area contributed by atoms with Gasteiger partial charge in [0.05, 0.1) is 29.2 Å². The van der Waals surface area contributed by atoms with E-state index in [2.05, 4.69) is 63.7 Å². The van der Waals surface area contributed by atoms with Gasteiger partial charge in [-0.2, -0.15) is 10.2 Å². The zero-order chi connectivity index (χ0) is 26.4. The highest BCUT2D eigenvalue weighted by Gasteiger charge is 2.35. The molecule has 0 saturated carbocycles. The molecule has 1 aliphatic heterocycles. The maximum absolute atomic E-state index is 12.9. The van der Waals surface area contributed by atoms with Gasteiger partial charge in [0, 0.05) is 51.0 Å². The molecule has 1 aromatic carbocycles. The zero-order valence-corrected chi connectivity index (χ0v) is 22.3. The van der Waals surface area contributed by atoms with Crippen LogP contribution >= 0.6 is 0 Å². The summed E-state index contributed by atoms with van der Waals surface area (Å²) < 4.78 is 3.48. The van der Waals surface area contributed by atoms with Crippen molar-refractivity contribution in [2.45, 2.75) is 65.7 Å². The van der Waals surface area contributed by atoms with Gasteiger partial charge in [0.2, 0.25) is 0 Å². The summed E-state index contributed by atoms with van der Waals surface area (Å²) in [4.78, 5) is 36.0. The van der Waals surface area contributed by atoms with E-state index < -0.39 is 0 Å². The fourth-order valence-corrected chi connectivity index (χ4v) is 5.59. The summed E-state index contributed by atoms with van der Waals surface area (Å²) in [7, 11) is 1.71. The summed E-state index contributed by atoms with van der Waals surface area (Å²) >= 11 is 0. The Labute approximate surface area is 216 Å². The van der Waals surface area contributed by atoms with Crippen LogP contribution in [0, 0.1) is 18.3 Å². The Morgan fingerprint density at radius 1 is 1.14 bits per heavy atom. The lowest BCUT2D eigenvalue weighted by Gasteiger charge is -2.47. The van der Waals surface area contributed by atoms with Gasteiger partial charge in [-0.25, -0.2) is 14.8 Å². The zero-order valence-electron chi connectivity index (χ0n) is 22.3. The number of anilines is 1. The van der Waals surface area contributed by atoms with Crippen LogP contribution in [0.4, 0.5) is 5.82 Å². The van der Waals surface area contributed by atoms with Gasteiger partial charge in [0.25, 0.3) is 0 Å². The van der Waals surface area contributed by atoms with Crippen LogP contribution in [0.3, 0.4) is 0 Å². The average molecular weight is 500 g/mol. The Bertz CT molecular complexity index is 1580. The van der Waals surface area contributed by atoms with Crippen molar-refractivity contribution in [3.05, 3.63) is 52.0 Å². The molecule has 3 aromatic heterocycles. The molecule has 1 unspecified atom stereocenters. The van der Waals surface area contributed by atoms with Crippen molar-refractivity contribution in [3.63, 3.8) is 0 Å². The fraction of sp³-hybridized carbons (Fsp3) is 0.481. The number of imidazole rings is 1. The van der Waals surface area contributed by atoms with Gasteiger partial charge in [-0.05, 0) is 52.3 Å². The number of piperazine rings is 1. The van der Waals surface area contributed by atoms with Gasteiger partial charge >= 0.3 is 5.69 Å². The van der Waals surface area contributed by atoms with Crippen molar-refractivity contribution in [2.75, 3.05) is 18.0 Å². The van der Waals surface area contributed by atoms with E-state index in [1.807, 2.05) is 24.5 Å². The predicted molar refractivity (Wildman–Crippen MR) is 143 cm³/mol. The molecule has 3 atom stereocenters. The van der Waals surface area contributed by atoms with Crippen molar-refractivity contribution in [1.82, 2.24) is 34.0 Å². The first-order chi connectivity index (χ1) is 17.7. The normalized spacial score (nSPS) is 19.4. The van der Waals surface area contributed by atoms with E-state index in [0.29, 0.717) is 35.9 Å². The second-order valence-corrected chi connectivity index (χ2v) is 10.0. The third-order valence-corrected chi connectivity index (χ3v) is 7.56. The molecule has 1 aliphatic rings. The monoisotopic (exact) mass is 499 g/mol. The van der Waals surface area contributed by atoms with E-state index >= 15 is 0 Å². The number of aryl methyl sites for hydroxylation is 3. The third-order valence-electron chi connectivity index (χ3n) is 7.56. The predicted octanol–water partition coefficient (Wildman–Crippen LogP) is 3.13. The molecule has 0 radical (unpaired) electrons. The molecule has 1 fully saturated rings. The third kappa shape index (κ3) is 4.23. The SMILES string of the molecule is CCn1c(CC#N)nc2c(N3C[C@@H](C)N(C(C)c4ccc5ncc(C)nc5c4)C[C@@H]3C)nc(=O)n(C)c21. The van der Waals surface area contributed by atoms with Crippen molar-refractivity contribution in [2.24, 2.45) is 7.05 Å². The summed E-state index contributed by atoms with van der Waals surface area (Å²) in [5.41, 5.74) is 5.00. The van der Waals surface area contributed by atoms with Crippen LogP contribution in [0.25, 0.3) is 22.2 Å². The first-order valence-corrected chi connectivity index (χ1v) is 12.8. The Kier molecular flexibility index (Phi) is 6.42. The van der Waals surface area contributed by atoms with Crippen molar-refractivity contribution in [1.29, 1.82) is 5.26 Å². The largest absolute Gasteiger partial charge is 0.350 e. The van der Waals surface area contributed by atoms with Gasteiger partial charge in [-0.1, -0.05) is 6.07 Å². The van der Waals surface area contributed by atoms with Crippen molar-refractivity contribution in [3.8, 4) is 6.07 Å². The highest BCUT2D eigenvalue weighted by Crippen LogP contribution is 2.32. The Morgan fingerprint density at radius 2 is 1.92 bits per heavy atom. The lowest BCUT2D eigenvalue weighted by atomic mass is 10.00. The Morgan fingerprint density at radius 3 is 2.65 bits per heavy atom. The van der Waals surface area contributed by atoms with E-state index in [9.17, 15) is 10.1 Å². The van der Waals surface area contributed by atoms with Crippen LogP contribution in [-0.4, -0.2) is 59.1 Å². The molecule has 10 nitrogen and oxygen atoms in total. The van der Waals surface area contributed by atoms with Crippen LogP contribution in [0.15, 0.2) is 29.2 Å². The molecule has 0 aliphatic carbocycles. The molecule has 0 amide bonds. The lowest BCUT2D eigenvalue weighted by Crippen LogP contribution is -2.57. The summed E-state index contributed by atoms with van der Waals surface area (Å²) in [6.07, 6.45) is 1.98. The summed E-state index contributed by atoms with van der Waals surface area (Å²) in [5, 5.41) is 9.32. The van der Waals surface area contributed by atoms with Crippen LogP contribution in [0.1, 0.15) is 50.8 Å². The van der Waals surface area contributed by atoms with Crippen LogP contribution in [-0.2, 0) is 20.0 Å². The second-order valence-electron chi connectivity index (χ2n) is 10.0. The molecule has 192 valence electrons. The molecule has 0 spiro atoms. The topological polar surface area (TPSA) is 109 Å².